The van der Waals surface area contributed by atoms with E-state index >= 15 is 0 Å². The molecule has 1 N–H and O–H groups in total. The van der Waals surface area contributed by atoms with E-state index in [1.54, 1.807) is 6.33 Å². The van der Waals surface area contributed by atoms with Crippen molar-refractivity contribution in [1.29, 1.82) is 0 Å². The maximum atomic E-state index is 4.08. The van der Waals surface area contributed by atoms with Crippen LogP contribution in [0.5, 0.6) is 0 Å². The molecule has 0 saturated carbocycles. The van der Waals surface area contributed by atoms with Crippen molar-refractivity contribution < 1.29 is 0 Å². The molecular formula is C13H16N2. The van der Waals surface area contributed by atoms with Gasteiger partial charge in [-0.25, -0.2) is 4.98 Å². The van der Waals surface area contributed by atoms with Crippen LogP contribution in [0.2, 0.25) is 0 Å². The highest BCUT2D eigenvalue weighted by molar-refractivity contribution is 5.30. The molecule has 1 aromatic heterocycles. The Morgan fingerprint density at radius 1 is 1.40 bits per heavy atom. The molecule has 0 amide bonds. The summed E-state index contributed by atoms with van der Waals surface area (Å²) in [6.45, 7) is 4.33. The second-order valence-corrected chi connectivity index (χ2v) is 3.88. The highest BCUT2D eigenvalue weighted by Gasteiger charge is 2.12. The van der Waals surface area contributed by atoms with Gasteiger partial charge in [-0.15, -0.1) is 0 Å². The number of rotatable bonds is 3. The first-order valence-corrected chi connectivity index (χ1v) is 5.36. The van der Waals surface area contributed by atoms with Crippen LogP contribution in [0.3, 0.4) is 0 Å². The maximum Gasteiger partial charge on any atom is 0.0921 e. The number of benzene rings is 1. The fraction of sp³-hybridized carbons (Fsp3) is 0.308. The molecule has 0 fully saturated rings. The fourth-order valence-corrected chi connectivity index (χ4v) is 1.98. The lowest BCUT2D eigenvalue weighted by atomic mass is 9.93. The monoisotopic (exact) mass is 200 g/mol. The van der Waals surface area contributed by atoms with Crippen molar-refractivity contribution >= 4 is 0 Å². The van der Waals surface area contributed by atoms with Crippen LogP contribution in [0.4, 0.5) is 0 Å². The zero-order valence-corrected chi connectivity index (χ0v) is 9.20. The lowest BCUT2D eigenvalue weighted by Crippen LogP contribution is -2.00. The Morgan fingerprint density at radius 3 is 2.87 bits per heavy atom. The molecule has 1 atom stereocenters. The average Bonchev–Trinajstić information content (AvgIpc) is 2.72. The molecule has 0 saturated heterocycles. The first-order valence-electron chi connectivity index (χ1n) is 5.36. The number of nitrogens with zero attached hydrogens (tertiary/aromatic N) is 1. The minimum atomic E-state index is 0.437. The van der Waals surface area contributed by atoms with Crippen LogP contribution in [-0.2, 0) is 0 Å². The molecule has 1 aromatic carbocycles. The third kappa shape index (κ3) is 2.09. The lowest BCUT2D eigenvalue weighted by Gasteiger charge is -2.13. The summed E-state index contributed by atoms with van der Waals surface area (Å²) in [6.07, 6.45) is 4.75. The predicted octanol–water partition coefficient (Wildman–Crippen LogP) is 3.26. The number of aryl methyl sites for hydroxylation is 1. The topological polar surface area (TPSA) is 28.7 Å². The first kappa shape index (κ1) is 9.97. The van der Waals surface area contributed by atoms with Crippen LogP contribution in [-0.4, -0.2) is 9.97 Å². The second-order valence-electron chi connectivity index (χ2n) is 3.88. The molecule has 0 aliphatic heterocycles. The highest BCUT2D eigenvalue weighted by atomic mass is 14.9. The Kier molecular flexibility index (Phi) is 2.86. The minimum absolute atomic E-state index is 0.437. The average molecular weight is 200 g/mol. The number of aromatic nitrogens is 2. The van der Waals surface area contributed by atoms with Crippen molar-refractivity contribution in [3.8, 4) is 0 Å². The molecule has 0 aliphatic carbocycles. The highest BCUT2D eigenvalue weighted by Crippen LogP contribution is 2.26. The van der Waals surface area contributed by atoms with Crippen molar-refractivity contribution in [2.75, 3.05) is 0 Å². The molecule has 2 heteroatoms. The fourth-order valence-electron chi connectivity index (χ4n) is 1.98. The number of aromatic amines is 1. The predicted molar refractivity (Wildman–Crippen MR) is 61.9 cm³/mol. The van der Waals surface area contributed by atoms with Gasteiger partial charge in [0.1, 0.15) is 0 Å². The van der Waals surface area contributed by atoms with Gasteiger partial charge in [0.2, 0.25) is 0 Å². The van der Waals surface area contributed by atoms with E-state index in [-0.39, 0.29) is 0 Å². The number of imidazole rings is 1. The zero-order chi connectivity index (χ0) is 10.7. The normalized spacial score (nSPS) is 12.7. The van der Waals surface area contributed by atoms with Crippen molar-refractivity contribution in [3.05, 3.63) is 53.6 Å². The molecule has 2 nitrogen and oxygen atoms in total. The Bertz CT molecular complexity index is 418. The Balaban J connectivity index is 2.35. The van der Waals surface area contributed by atoms with Crippen molar-refractivity contribution in [2.45, 2.75) is 26.2 Å². The summed E-state index contributed by atoms with van der Waals surface area (Å²) in [5, 5.41) is 0. The van der Waals surface area contributed by atoms with Gasteiger partial charge in [0, 0.05) is 17.8 Å². The zero-order valence-electron chi connectivity index (χ0n) is 9.20. The number of H-pyrrole nitrogens is 1. The van der Waals surface area contributed by atoms with Gasteiger partial charge < -0.3 is 4.98 Å². The van der Waals surface area contributed by atoms with Gasteiger partial charge in [-0.05, 0) is 18.9 Å². The van der Waals surface area contributed by atoms with Gasteiger partial charge in [-0.2, -0.15) is 0 Å². The van der Waals surface area contributed by atoms with Crippen LogP contribution < -0.4 is 0 Å². The van der Waals surface area contributed by atoms with E-state index in [0.29, 0.717) is 5.92 Å². The maximum absolute atomic E-state index is 4.08. The van der Waals surface area contributed by atoms with Gasteiger partial charge in [0.05, 0.1) is 6.33 Å². The van der Waals surface area contributed by atoms with Crippen molar-refractivity contribution in [3.63, 3.8) is 0 Å². The first-order chi connectivity index (χ1) is 7.31. The lowest BCUT2D eigenvalue weighted by molar-refractivity contribution is 0.754. The van der Waals surface area contributed by atoms with Crippen LogP contribution >= 0.6 is 0 Å². The smallest absolute Gasteiger partial charge is 0.0921 e. The SMILES string of the molecule is CCC(c1cccc(C)c1)c1cnc[nH]1. The van der Waals surface area contributed by atoms with Gasteiger partial charge in [-0.3, -0.25) is 0 Å². The number of hydrogen-bond acceptors (Lipinski definition) is 1. The Morgan fingerprint density at radius 2 is 2.27 bits per heavy atom. The summed E-state index contributed by atoms with van der Waals surface area (Å²) in [5.74, 6) is 0.437. The van der Waals surface area contributed by atoms with Gasteiger partial charge >= 0.3 is 0 Å². The Labute approximate surface area is 90.4 Å². The molecule has 1 unspecified atom stereocenters. The van der Waals surface area contributed by atoms with Gasteiger partial charge in [-0.1, -0.05) is 36.8 Å². The molecule has 1 heterocycles. The van der Waals surface area contributed by atoms with E-state index in [1.807, 2.05) is 6.20 Å². The summed E-state index contributed by atoms with van der Waals surface area (Å²) in [5.41, 5.74) is 3.87. The summed E-state index contributed by atoms with van der Waals surface area (Å²) in [4.78, 5) is 7.28. The van der Waals surface area contributed by atoms with E-state index in [4.69, 9.17) is 0 Å². The molecule has 15 heavy (non-hydrogen) atoms. The van der Waals surface area contributed by atoms with E-state index in [2.05, 4.69) is 48.1 Å². The number of hydrogen-bond donors (Lipinski definition) is 1. The van der Waals surface area contributed by atoms with E-state index in [9.17, 15) is 0 Å². The van der Waals surface area contributed by atoms with E-state index in [1.165, 1.54) is 16.8 Å². The minimum Gasteiger partial charge on any atom is -0.348 e. The summed E-state index contributed by atoms with van der Waals surface area (Å²) in [7, 11) is 0. The van der Waals surface area contributed by atoms with Crippen LogP contribution in [0.15, 0.2) is 36.8 Å². The van der Waals surface area contributed by atoms with Crippen LogP contribution in [0.25, 0.3) is 0 Å². The van der Waals surface area contributed by atoms with Crippen LogP contribution in [0.1, 0.15) is 36.1 Å². The second kappa shape index (κ2) is 4.30. The molecule has 0 aliphatic rings. The molecule has 2 aromatic rings. The van der Waals surface area contributed by atoms with Crippen molar-refractivity contribution in [1.82, 2.24) is 9.97 Å². The summed E-state index contributed by atoms with van der Waals surface area (Å²) < 4.78 is 0. The largest absolute Gasteiger partial charge is 0.348 e. The van der Waals surface area contributed by atoms with E-state index < -0.39 is 0 Å². The number of nitrogens with one attached hydrogen (secondary N) is 1. The third-order valence-corrected chi connectivity index (χ3v) is 2.75. The molecular weight excluding hydrogens is 184 g/mol. The van der Waals surface area contributed by atoms with Gasteiger partial charge in [0.15, 0.2) is 0 Å². The molecule has 0 spiro atoms. The van der Waals surface area contributed by atoms with Crippen LogP contribution in [0, 0.1) is 6.92 Å². The standard InChI is InChI=1S/C13H16N2/c1-3-12(13-8-14-9-15-13)11-6-4-5-10(2)7-11/h4-9,12H,3H2,1-2H3,(H,14,15). The Hall–Kier alpha value is -1.57. The van der Waals surface area contributed by atoms with E-state index in [0.717, 1.165) is 6.42 Å². The molecule has 0 bridgehead atoms. The molecule has 78 valence electrons. The third-order valence-electron chi connectivity index (χ3n) is 2.75. The van der Waals surface area contributed by atoms with Gasteiger partial charge in [0.25, 0.3) is 0 Å². The van der Waals surface area contributed by atoms with Crippen molar-refractivity contribution in [2.24, 2.45) is 0 Å². The quantitative estimate of drug-likeness (QED) is 0.809. The summed E-state index contributed by atoms with van der Waals surface area (Å²) in [6, 6.07) is 8.67. The molecule has 2 rings (SSSR count). The summed E-state index contributed by atoms with van der Waals surface area (Å²) >= 11 is 0. The molecule has 0 radical (unpaired) electrons.